The van der Waals surface area contributed by atoms with Crippen LogP contribution in [-0.2, 0) is 57.2 Å². The van der Waals surface area contributed by atoms with Gasteiger partial charge < -0.3 is 28.4 Å². The Balaban J connectivity index is 0.000000351. The fraction of sp³-hybridized carbons (Fsp3) is 0.565. The lowest BCUT2D eigenvalue weighted by Gasteiger charge is -2.14. The zero-order valence-corrected chi connectivity index (χ0v) is 20.4. The maximum absolute atomic E-state index is 11.4. The summed E-state index contributed by atoms with van der Waals surface area (Å²) in [5, 5.41) is 0. The van der Waals surface area contributed by atoms with Gasteiger partial charge in [-0.25, -0.2) is 28.8 Å². The Morgan fingerprint density at radius 3 is 1.60 bits per heavy atom. The average molecular weight is 498 g/mol. The van der Waals surface area contributed by atoms with Crippen molar-refractivity contribution >= 4 is 35.8 Å². The van der Waals surface area contributed by atoms with Crippen molar-refractivity contribution in [1.29, 1.82) is 0 Å². The van der Waals surface area contributed by atoms with Crippen LogP contribution in [0.4, 0.5) is 0 Å². The normalized spacial score (nSPS) is 21.3. The van der Waals surface area contributed by atoms with Crippen molar-refractivity contribution in [2.24, 2.45) is 0 Å². The van der Waals surface area contributed by atoms with Crippen LogP contribution in [0.5, 0.6) is 0 Å². The first-order chi connectivity index (χ1) is 16.0. The molecule has 2 aliphatic heterocycles. The minimum absolute atomic E-state index is 0.184. The van der Waals surface area contributed by atoms with Crippen molar-refractivity contribution in [2.75, 3.05) is 13.2 Å². The highest BCUT2D eigenvalue weighted by Gasteiger charge is 2.43. The average Bonchev–Trinajstić information content (AvgIpc) is 3.15. The van der Waals surface area contributed by atoms with E-state index in [2.05, 4.69) is 22.6 Å². The highest BCUT2D eigenvalue weighted by molar-refractivity contribution is 5.89. The lowest BCUT2D eigenvalue weighted by atomic mass is 10.0. The predicted octanol–water partition coefficient (Wildman–Crippen LogP) is 1.10. The molecule has 0 spiro atoms. The largest absolute Gasteiger partial charge is 0.457 e. The first kappa shape index (κ1) is 29.3. The molecule has 12 heteroatoms. The summed E-state index contributed by atoms with van der Waals surface area (Å²) in [6, 6.07) is 0. The number of esters is 6. The van der Waals surface area contributed by atoms with Crippen LogP contribution in [0.1, 0.15) is 47.5 Å². The maximum atomic E-state index is 11.4. The molecule has 0 aromatic heterocycles. The number of carbonyl (C=O) groups is 6. The third-order valence-electron chi connectivity index (χ3n) is 4.35. The molecular formula is C23H30O12. The molecule has 2 heterocycles. The van der Waals surface area contributed by atoms with Gasteiger partial charge in [0.25, 0.3) is 0 Å². The quantitative estimate of drug-likeness (QED) is 0.267. The molecule has 0 aliphatic carbocycles. The maximum Gasteiger partial charge on any atom is 0.348 e. The van der Waals surface area contributed by atoms with Gasteiger partial charge in [-0.1, -0.05) is 13.2 Å². The zero-order valence-electron chi connectivity index (χ0n) is 20.4. The van der Waals surface area contributed by atoms with Crippen LogP contribution in [0.15, 0.2) is 24.8 Å². The first-order valence-corrected chi connectivity index (χ1v) is 10.5. The standard InChI is InChI=1S/C12H16O6.C11H14O6/c1-7(2)10(14)16-6-9(13)17-8-5-12(3,4)18-11(8)15;1-4-8(12)15-6-9(13)16-7-5-11(2,3)17-10(7)14/h8H,1,5-6H2,2-4H3;4,7H,1,5-6H2,2-3H3. The van der Waals surface area contributed by atoms with E-state index in [1.165, 1.54) is 6.92 Å². The molecule has 2 unspecified atom stereocenters. The Labute approximate surface area is 202 Å². The van der Waals surface area contributed by atoms with E-state index in [9.17, 15) is 28.8 Å². The van der Waals surface area contributed by atoms with Gasteiger partial charge in [0.05, 0.1) is 0 Å². The molecule has 35 heavy (non-hydrogen) atoms. The van der Waals surface area contributed by atoms with E-state index >= 15 is 0 Å². The Hall–Kier alpha value is -3.70. The van der Waals surface area contributed by atoms with Crippen LogP contribution < -0.4 is 0 Å². The van der Waals surface area contributed by atoms with Crippen LogP contribution >= 0.6 is 0 Å². The summed E-state index contributed by atoms with van der Waals surface area (Å²) >= 11 is 0. The smallest absolute Gasteiger partial charge is 0.348 e. The molecule has 194 valence electrons. The van der Waals surface area contributed by atoms with Crippen LogP contribution in [0.2, 0.25) is 0 Å². The highest BCUT2D eigenvalue weighted by atomic mass is 16.6. The van der Waals surface area contributed by atoms with E-state index in [-0.39, 0.29) is 18.4 Å². The summed E-state index contributed by atoms with van der Waals surface area (Å²) in [5.41, 5.74) is -1.10. The van der Waals surface area contributed by atoms with Gasteiger partial charge in [-0.15, -0.1) is 0 Å². The van der Waals surface area contributed by atoms with Gasteiger partial charge in [0, 0.05) is 24.5 Å². The Morgan fingerprint density at radius 2 is 1.29 bits per heavy atom. The van der Waals surface area contributed by atoms with Crippen molar-refractivity contribution in [3.05, 3.63) is 24.8 Å². The second-order valence-corrected chi connectivity index (χ2v) is 8.90. The van der Waals surface area contributed by atoms with E-state index in [4.69, 9.17) is 18.9 Å². The fourth-order valence-corrected chi connectivity index (χ4v) is 2.82. The molecule has 2 atom stereocenters. The van der Waals surface area contributed by atoms with Crippen LogP contribution in [-0.4, -0.2) is 72.4 Å². The molecule has 0 aromatic carbocycles. The summed E-state index contributed by atoms with van der Waals surface area (Å²) < 4.78 is 28.7. The lowest BCUT2D eigenvalue weighted by molar-refractivity contribution is -0.167. The monoisotopic (exact) mass is 498 g/mol. The van der Waals surface area contributed by atoms with Crippen molar-refractivity contribution in [3.63, 3.8) is 0 Å². The van der Waals surface area contributed by atoms with Crippen molar-refractivity contribution in [1.82, 2.24) is 0 Å². The Bertz CT molecular complexity index is 898. The number of ether oxygens (including phenoxy) is 6. The third-order valence-corrected chi connectivity index (χ3v) is 4.35. The van der Waals surface area contributed by atoms with Gasteiger partial charge in [0.2, 0.25) is 12.2 Å². The number of carbonyl (C=O) groups excluding carboxylic acids is 6. The van der Waals surface area contributed by atoms with Crippen LogP contribution in [0, 0.1) is 0 Å². The molecule has 0 radical (unpaired) electrons. The molecule has 0 aromatic rings. The topological polar surface area (TPSA) is 158 Å². The molecule has 2 saturated heterocycles. The molecule has 2 fully saturated rings. The number of cyclic esters (lactones) is 2. The number of rotatable bonds is 8. The minimum atomic E-state index is -0.934. The van der Waals surface area contributed by atoms with E-state index in [1.54, 1.807) is 27.7 Å². The van der Waals surface area contributed by atoms with E-state index in [1.807, 2.05) is 0 Å². The molecule has 0 N–H and O–H groups in total. The van der Waals surface area contributed by atoms with Gasteiger partial charge >= 0.3 is 35.8 Å². The summed E-state index contributed by atoms with van der Waals surface area (Å²) in [7, 11) is 0. The Kier molecular flexibility index (Phi) is 10.2. The van der Waals surface area contributed by atoms with Gasteiger partial charge in [-0.05, 0) is 34.6 Å². The molecule has 0 bridgehead atoms. The van der Waals surface area contributed by atoms with E-state index in [0.29, 0.717) is 0 Å². The SMILES string of the molecule is C=C(C)C(=O)OCC(=O)OC1CC(C)(C)OC1=O.C=CC(=O)OCC(=O)OC1CC(C)(C)OC1=O. The van der Waals surface area contributed by atoms with Crippen molar-refractivity contribution in [3.8, 4) is 0 Å². The zero-order chi connectivity index (χ0) is 27.0. The molecule has 12 nitrogen and oxygen atoms in total. The molecule has 0 amide bonds. The summed E-state index contributed by atoms with van der Waals surface area (Å²) in [6.07, 6.45) is -0.366. The molecule has 2 aliphatic rings. The molecule has 2 rings (SSSR count). The third kappa shape index (κ3) is 10.4. The summed E-state index contributed by atoms with van der Waals surface area (Å²) in [5.74, 6) is -4.15. The predicted molar refractivity (Wildman–Crippen MR) is 116 cm³/mol. The van der Waals surface area contributed by atoms with Gasteiger partial charge in [-0.3, -0.25) is 0 Å². The fourth-order valence-electron chi connectivity index (χ4n) is 2.82. The van der Waals surface area contributed by atoms with E-state index in [0.717, 1.165) is 6.08 Å². The highest BCUT2D eigenvalue weighted by Crippen LogP contribution is 2.28. The summed E-state index contributed by atoms with van der Waals surface area (Å²) in [4.78, 5) is 66.9. The lowest BCUT2D eigenvalue weighted by Crippen LogP contribution is -2.26. The summed E-state index contributed by atoms with van der Waals surface area (Å²) in [6.45, 7) is 13.8. The minimum Gasteiger partial charge on any atom is -0.457 e. The second kappa shape index (κ2) is 12.1. The van der Waals surface area contributed by atoms with E-state index < -0.39 is 72.4 Å². The molecular weight excluding hydrogens is 468 g/mol. The second-order valence-electron chi connectivity index (χ2n) is 8.90. The van der Waals surface area contributed by atoms with Gasteiger partial charge in [0.15, 0.2) is 13.2 Å². The van der Waals surface area contributed by atoms with Crippen LogP contribution in [0.25, 0.3) is 0 Å². The van der Waals surface area contributed by atoms with Gasteiger partial charge in [0.1, 0.15) is 11.2 Å². The van der Waals surface area contributed by atoms with Crippen molar-refractivity contribution in [2.45, 2.75) is 70.9 Å². The number of hydrogen-bond donors (Lipinski definition) is 0. The molecule has 0 saturated carbocycles. The van der Waals surface area contributed by atoms with Crippen molar-refractivity contribution < 1.29 is 57.2 Å². The first-order valence-electron chi connectivity index (χ1n) is 10.5. The Morgan fingerprint density at radius 1 is 0.886 bits per heavy atom. The number of hydrogen-bond acceptors (Lipinski definition) is 12. The van der Waals surface area contributed by atoms with Gasteiger partial charge in [-0.2, -0.15) is 0 Å². The van der Waals surface area contributed by atoms with Crippen LogP contribution in [0.3, 0.4) is 0 Å².